The zero-order chi connectivity index (χ0) is 23.6. The van der Waals surface area contributed by atoms with Crippen molar-refractivity contribution in [3.8, 4) is 11.4 Å². The van der Waals surface area contributed by atoms with Gasteiger partial charge in [-0.15, -0.1) is 5.10 Å². The Labute approximate surface area is 190 Å². The van der Waals surface area contributed by atoms with Gasteiger partial charge >= 0.3 is 6.18 Å². The standard InChI is InChI=1S/C20H28F3N7O2S/c21-20(22,23)16-8-7-15(17(18(16)33(24,31)32)19-27-29-30-28-19)12-3-5-14(6-4-12)26-13-2-1-10-25-11-9-13/h7-8,12-14,25-26H,1-6,9-11H2,(H2,24,31,32)(H,27,28,29,30). The molecular weight excluding hydrogens is 459 g/mol. The van der Waals surface area contributed by atoms with Crippen molar-refractivity contribution in [3.63, 3.8) is 0 Å². The minimum absolute atomic E-state index is 0.137. The predicted molar refractivity (Wildman–Crippen MR) is 115 cm³/mol. The average Bonchev–Trinajstić information content (AvgIpc) is 3.17. The topological polar surface area (TPSA) is 139 Å². The number of sulfonamides is 1. The first kappa shape index (κ1) is 24.0. The van der Waals surface area contributed by atoms with E-state index >= 15 is 0 Å². The molecule has 1 aromatic heterocycles. The molecule has 33 heavy (non-hydrogen) atoms. The third-order valence-electron chi connectivity index (χ3n) is 6.58. The number of nitrogens with two attached hydrogens (primary N) is 1. The Morgan fingerprint density at radius 1 is 1.03 bits per heavy atom. The van der Waals surface area contributed by atoms with Crippen LogP contribution in [0.2, 0.25) is 0 Å². The number of nitrogens with one attached hydrogen (secondary N) is 3. The van der Waals surface area contributed by atoms with Gasteiger partial charge in [0, 0.05) is 17.6 Å². The number of hydrogen-bond acceptors (Lipinski definition) is 7. The second-order valence-corrected chi connectivity index (χ2v) is 10.3. The number of hydrogen-bond donors (Lipinski definition) is 4. The van der Waals surface area contributed by atoms with Gasteiger partial charge < -0.3 is 10.6 Å². The molecular formula is C20H28F3N7O2S. The molecule has 9 nitrogen and oxygen atoms in total. The molecule has 5 N–H and O–H groups in total. The Kier molecular flexibility index (Phi) is 7.03. The minimum Gasteiger partial charge on any atom is -0.317 e. The number of halogens is 3. The van der Waals surface area contributed by atoms with Crippen LogP contribution >= 0.6 is 0 Å². The van der Waals surface area contributed by atoms with E-state index in [1.54, 1.807) is 0 Å². The van der Waals surface area contributed by atoms with Gasteiger partial charge in [0.25, 0.3) is 0 Å². The summed E-state index contributed by atoms with van der Waals surface area (Å²) >= 11 is 0. The first-order valence-electron chi connectivity index (χ1n) is 11.1. The molecule has 1 aliphatic heterocycles. The van der Waals surface area contributed by atoms with Gasteiger partial charge in [0.15, 0.2) is 5.82 Å². The van der Waals surface area contributed by atoms with Crippen molar-refractivity contribution in [2.45, 2.75) is 74.0 Å². The fraction of sp³-hybridized carbons (Fsp3) is 0.650. The summed E-state index contributed by atoms with van der Waals surface area (Å²) in [5.74, 6) is -0.284. The van der Waals surface area contributed by atoms with Crippen molar-refractivity contribution >= 4 is 10.0 Å². The van der Waals surface area contributed by atoms with Crippen LogP contribution in [0.25, 0.3) is 11.4 Å². The zero-order valence-electron chi connectivity index (χ0n) is 18.0. The Hall–Kier alpha value is -2.09. The molecule has 0 bridgehead atoms. The summed E-state index contributed by atoms with van der Waals surface area (Å²) in [6, 6.07) is 2.92. The number of aromatic amines is 1. The molecule has 1 atom stereocenters. The first-order chi connectivity index (χ1) is 15.6. The third-order valence-corrected chi connectivity index (χ3v) is 7.57. The van der Waals surface area contributed by atoms with Gasteiger partial charge in [-0.3, -0.25) is 0 Å². The van der Waals surface area contributed by atoms with Crippen LogP contribution in [0.4, 0.5) is 13.2 Å². The van der Waals surface area contributed by atoms with Crippen LogP contribution in [-0.2, 0) is 16.2 Å². The summed E-state index contributed by atoms with van der Waals surface area (Å²) in [5.41, 5.74) is -1.05. The fourth-order valence-electron chi connectivity index (χ4n) is 5.06. The molecule has 2 aromatic rings. The highest BCUT2D eigenvalue weighted by atomic mass is 32.2. The van der Waals surface area contributed by atoms with E-state index in [9.17, 15) is 21.6 Å². The lowest BCUT2D eigenvalue weighted by atomic mass is 9.79. The van der Waals surface area contributed by atoms with Gasteiger partial charge in [0.1, 0.15) is 4.90 Å². The van der Waals surface area contributed by atoms with Crippen LogP contribution in [0.3, 0.4) is 0 Å². The van der Waals surface area contributed by atoms with Crippen molar-refractivity contribution in [1.29, 1.82) is 0 Å². The molecule has 182 valence electrons. The molecule has 1 saturated carbocycles. The molecule has 0 radical (unpaired) electrons. The van der Waals surface area contributed by atoms with E-state index in [4.69, 9.17) is 5.14 Å². The van der Waals surface area contributed by atoms with Crippen LogP contribution < -0.4 is 15.8 Å². The molecule has 2 aliphatic rings. The van der Waals surface area contributed by atoms with E-state index in [0.717, 1.165) is 51.3 Å². The highest BCUT2D eigenvalue weighted by Crippen LogP contribution is 2.44. The van der Waals surface area contributed by atoms with E-state index in [-0.39, 0.29) is 17.3 Å². The maximum absolute atomic E-state index is 13.7. The summed E-state index contributed by atoms with van der Waals surface area (Å²) < 4.78 is 65.7. The van der Waals surface area contributed by atoms with Gasteiger partial charge in [-0.05, 0) is 86.0 Å². The number of aromatic nitrogens is 4. The van der Waals surface area contributed by atoms with Gasteiger partial charge in [-0.1, -0.05) is 6.07 Å². The van der Waals surface area contributed by atoms with E-state index in [1.807, 2.05) is 0 Å². The predicted octanol–water partition coefficient (Wildman–Crippen LogP) is 2.29. The normalized spacial score (nSPS) is 25.0. The average molecular weight is 488 g/mol. The zero-order valence-corrected chi connectivity index (χ0v) is 18.8. The van der Waals surface area contributed by atoms with Gasteiger partial charge in [-0.25, -0.2) is 18.7 Å². The van der Waals surface area contributed by atoms with Crippen molar-refractivity contribution in [2.75, 3.05) is 13.1 Å². The number of primary sulfonamides is 1. The second kappa shape index (κ2) is 9.65. The lowest BCUT2D eigenvalue weighted by Gasteiger charge is -2.33. The quantitative estimate of drug-likeness (QED) is 0.508. The lowest BCUT2D eigenvalue weighted by molar-refractivity contribution is -0.139. The molecule has 4 rings (SSSR count). The van der Waals surface area contributed by atoms with Crippen molar-refractivity contribution in [3.05, 3.63) is 23.3 Å². The van der Waals surface area contributed by atoms with Gasteiger partial charge in [0.05, 0.1) is 5.56 Å². The Morgan fingerprint density at radius 3 is 2.39 bits per heavy atom. The maximum Gasteiger partial charge on any atom is 0.417 e. The fourth-order valence-corrected chi connectivity index (χ4v) is 6.05. The molecule has 1 aromatic carbocycles. The number of rotatable bonds is 5. The van der Waals surface area contributed by atoms with Crippen LogP contribution in [-0.4, -0.2) is 54.2 Å². The number of alkyl halides is 3. The highest BCUT2D eigenvalue weighted by molar-refractivity contribution is 7.89. The van der Waals surface area contributed by atoms with Crippen LogP contribution in [0.1, 0.15) is 62.0 Å². The minimum atomic E-state index is -4.91. The van der Waals surface area contributed by atoms with Gasteiger partial charge in [0.2, 0.25) is 10.0 Å². The molecule has 1 saturated heterocycles. The van der Waals surface area contributed by atoms with E-state index in [2.05, 4.69) is 31.3 Å². The summed E-state index contributed by atoms with van der Waals surface area (Å²) in [5, 5.41) is 25.4. The van der Waals surface area contributed by atoms with Crippen molar-refractivity contribution in [2.24, 2.45) is 5.14 Å². The van der Waals surface area contributed by atoms with Crippen LogP contribution in [0.15, 0.2) is 17.0 Å². The molecule has 1 unspecified atom stereocenters. The van der Waals surface area contributed by atoms with Crippen molar-refractivity contribution < 1.29 is 21.6 Å². The van der Waals surface area contributed by atoms with E-state index < -0.39 is 26.7 Å². The summed E-state index contributed by atoms with van der Waals surface area (Å²) in [7, 11) is -4.72. The van der Waals surface area contributed by atoms with E-state index in [0.29, 0.717) is 30.5 Å². The lowest BCUT2D eigenvalue weighted by Crippen LogP contribution is -2.40. The second-order valence-electron chi connectivity index (χ2n) is 8.79. The number of benzene rings is 1. The third kappa shape index (κ3) is 5.53. The molecule has 2 fully saturated rings. The van der Waals surface area contributed by atoms with Gasteiger partial charge in [-0.2, -0.15) is 13.2 Å². The molecule has 1 aliphatic carbocycles. The summed E-state index contributed by atoms with van der Waals surface area (Å²) in [4.78, 5) is -0.989. The Balaban J connectivity index is 1.63. The summed E-state index contributed by atoms with van der Waals surface area (Å²) in [6.45, 7) is 2.02. The SMILES string of the molecule is NS(=O)(=O)c1c(C(F)(F)F)ccc(C2CCC(NC3CCCNCC3)CC2)c1-c1nnn[nH]1. The Bertz CT molecular complexity index is 1040. The molecule has 2 heterocycles. The van der Waals surface area contributed by atoms with E-state index in [1.165, 1.54) is 6.07 Å². The number of tetrazole rings is 1. The monoisotopic (exact) mass is 487 g/mol. The first-order valence-corrected chi connectivity index (χ1v) is 12.7. The highest BCUT2D eigenvalue weighted by Gasteiger charge is 2.40. The molecule has 0 amide bonds. The van der Waals surface area contributed by atoms with Crippen molar-refractivity contribution in [1.82, 2.24) is 31.3 Å². The smallest absolute Gasteiger partial charge is 0.317 e. The molecule has 0 spiro atoms. The van der Waals surface area contributed by atoms with Crippen LogP contribution in [0, 0.1) is 0 Å². The number of H-pyrrole nitrogens is 1. The maximum atomic E-state index is 13.7. The largest absolute Gasteiger partial charge is 0.417 e. The van der Waals surface area contributed by atoms with Crippen LogP contribution in [0.5, 0.6) is 0 Å². The Morgan fingerprint density at radius 2 is 1.76 bits per heavy atom. The summed E-state index contributed by atoms with van der Waals surface area (Å²) in [6.07, 6.45) is 1.49. The molecule has 13 heteroatoms. The number of nitrogens with zero attached hydrogens (tertiary/aromatic N) is 3.